The normalized spacial score (nSPS) is 12.6. The average Bonchev–Trinajstić information content (AvgIpc) is 2.39. The van der Waals surface area contributed by atoms with Gasteiger partial charge in [-0.1, -0.05) is 99.9 Å². The monoisotopic (exact) mass is 317 g/mol. The molecule has 0 amide bonds. The van der Waals surface area contributed by atoms with E-state index in [9.17, 15) is 4.79 Å². The van der Waals surface area contributed by atoms with Crippen LogP contribution in [0.4, 0.5) is 0 Å². The maximum Gasteiger partial charge on any atom is 0.213 e. The van der Waals surface area contributed by atoms with Gasteiger partial charge in [0.15, 0.2) is 0 Å². The molecular formula is C16H30BrO. The summed E-state index contributed by atoms with van der Waals surface area (Å²) >= 11 is 3.28. The molecule has 1 unspecified atom stereocenters. The van der Waals surface area contributed by atoms with Gasteiger partial charge in [0.05, 0.1) is 4.83 Å². The molecule has 2 heteroatoms. The zero-order valence-electron chi connectivity index (χ0n) is 12.1. The molecule has 0 aliphatic carbocycles. The highest BCUT2D eigenvalue weighted by atomic mass is 79.9. The number of hydrogen-bond acceptors (Lipinski definition) is 1. The Balaban J connectivity index is 2.96. The molecule has 0 rings (SSSR count). The molecule has 0 aromatic rings. The lowest BCUT2D eigenvalue weighted by Crippen LogP contribution is -1.97. The summed E-state index contributed by atoms with van der Waals surface area (Å²) < 4.78 is 0. The second-order valence-corrected chi connectivity index (χ2v) is 6.37. The molecule has 0 heterocycles. The number of hydrogen-bond donors (Lipinski definition) is 0. The number of alkyl halides is 1. The third-order valence-electron chi connectivity index (χ3n) is 3.44. The fourth-order valence-corrected chi connectivity index (χ4v) is 2.55. The quantitative estimate of drug-likeness (QED) is 0.286. The van der Waals surface area contributed by atoms with E-state index < -0.39 is 0 Å². The second-order valence-electron chi connectivity index (χ2n) is 5.26. The Morgan fingerprint density at radius 1 is 0.778 bits per heavy atom. The molecule has 0 aromatic heterocycles. The van der Waals surface area contributed by atoms with Gasteiger partial charge in [0.2, 0.25) is 6.29 Å². The average molecular weight is 318 g/mol. The Morgan fingerprint density at radius 2 is 1.17 bits per heavy atom. The van der Waals surface area contributed by atoms with Crippen LogP contribution in [-0.4, -0.2) is 11.1 Å². The number of carbonyl (C=O) groups excluding carboxylic acids is 1. The molecule has 0 aromatic carbocycles. The molecular weight excluding hydrogens is 288 g/mol. The van der Waals surface area contributed by atoms with E-state index in [0.29, 0.717) is 0 Å². The van der Waals surface area contributed by atoms with Crippen LogP contribution < -0.4 is 0 Å². The first-order valence-electron chi connectivity index (χ1n) is 7.83. The third kappa shape index (κ3) is 14.2. The molecule has 0 saturated heterocycles. The summed E-state index contributed by atoms with van der Waals surface area (Å²) in [6.07, 6.45) is 19.3. The van der Waals surface area contributed by atoms with Crippen LogP contribution in [0.25, 0.3) is 0 Å². The van der Waals surface area contributed by atoms with Gasteiger partial charge in [-0.15, -0.1) is 0 Å². The van der Waals surface area contributed by atoms with Crippen molar-refractivity contribution in [2.24, 2.45) is 0 Å². The molecule has 0 bridgehead atoms. The summed E-state index contributed by atoms with van der Waals surface area (Å²) in [5, 5.41) is 0. The van der Waals surface area contributed by atoms with Crippen molar-refractivity contribution in [3.05, 3.63) is 0 Å². The van der Waals surface area contributed by atoms with Crippen molar-refractivity contribution >= 4 is 22.2 Å². The molecule has 0 aliphatic rings. The number of rotatable bonds is 14. The van der Waals surface area contributed by atoms with Crippen molar-refractivity contribution in [1.29, 1.82) is 0 Å². The van der Waals surface area contributed by atoms with Gasteiger partial charge in [-0.3, -0.25) is 4.79 Å². The van der Waals surface area contributed by atoms with Crippen LogP contribution in [0, 0.1) is 0 Å². The van der Waals surface area contributed by atoms with Crippen LogP contribution in [0.5, 0.6) is 0 Å². The van der Waals surface area contributed by atoms with Gasteiger partial charge in [-0.2, -0.15) is 0 Å². The molecule has 0 N–H and O–H groups in total. The van der Waals surface area contributed by atoms with E-state index in [1.54, 1.807) is 0 Å². The van der Waals surface area contributed by atoms with Gasteiger partial charge in [-0.05, 0) is 6.42 Å². The van der Waals surface area contributed by atoms with Gasteiger partial charge >= 0.3 is 0 Å². The van der Waals surface area contributed by atoms with Gasteiger partial charge in [0.1, 0.15) is 0 Å². The Kier molecular flexibility index (Phi) is 15.3. The Hall–Kier alpha value is 0.150. The van der Waals surface area contributed by atoms with Crippen LogP contribution in [-0.2, 0) is 4.79 Å². The van der Waals surface area contributed by atoms with Gasteiger partial charge in [-0.25, -0.2) is 0 Å². The Bertz CT molecular complexity index is 170. The first-order chi connectivity index (χ1) is 8.81. The first kappa shape index (κ1) is 18.1. The minimum Gasteiger partial charge on any atom is -0.290 e. The molecule has 1 atom stereocenters. The molecule has 107 valence electrons. The van der Waals surface area contributed by atoms with Crippen molar-refractivity contribution in [2.45, 2.75) is 95.2 Å². The molecule has 0 spiro atoms. The van der Waals surface area contributed by atoms with Crippen molar-refractivity contribution in [3.63, 3.8) is 0 Å². The lowest BCUT2D eigenvalue weighted by Gasteiger charge is -2.03. The summed E-state index contributed by atoms with van der Waals surface area (Å²) in [6.45, 7) is 2.27. The van der Waals surface area contributed by atoms with Crippen LogP contribution in [0.1, 0.15) is 90.4 Å². The molecule has 18 heavy (non-hydrogen) atoms. The summed E-state index contributed by atoms with van der Waals surface area (Å²) in [5.41, 5.74) is 0. The van der Waals surface area contributed by atoms with Crippen LogP contribution >= 0.6 is 15.9 Å². The lowest BCUT2D eigenvalue weighted by molar-refractivity contribution is 0.533. The third-order valence-corrected chi connectivity index (χ3v) is 4.08. The van der Waals surface area contributed by atoms with E-state index in [1.807, 2.05) is 6.29 Å². The zero-order chi connectivity index (χ0) is 13.5. The van der Waals surface area contributed by atoms with E-state index in [1.165, 1.54) is 70.6 Å². The van der Waals surface area contributed by atoms with Crippen LogP contribution in [0.3, 0.4) is 0 Å². The van der Waals surface area contributed by atoms with Gasteiger partial charge in [0, 0.05) is 0 Å². The molecule has 1 nitrogen and oxygen atoms in total. The fourth-order valence-electron chi connectivity index (χ4n) is 2.22. The predicted molar refractivity (Wildman–Crippen MR) is 84.1 cm³/mol. The molecule has 0 aliphatic heterocycles. The fraction of sp³-hybridized carbons (Fsp3) is 0.938. The van der Waals surface area contributed by atoms with Crippen molar-refractivity contribution in [2.75, 3.05) is 0 Å². The van der Waals surface area contributed by atoms with E-state index >= 15 is 0 Å². The first-order valence-corrected chi connectivity index (χ1v) is 8.74. The maximum atomic E-state index is 10.3. The van der Waals surface area contributed by atoms with E-state index in [2.05, 4.69) is 22.9 Å². The maximum absolute atomic E-state index is 10.3. The Labute approximate surface area is 122 Å². The Morgan fingerprint density at radius 3 is 1.56 bits per heavy atom. The molecule has 0 fully saturated rings. The second kappa shape index (κ2) is 15.2. The highest BCUT2D eigenvalue weighted by Crippen LogP contribution is 2.14. The summed E-state index contributed by atoms with van der Waals surface area (Å²) in [7, 11) is 0. The standard InChI is InChI=1S/C16H30BrO/c1-2-3-4-5-6-7-8-9-10-11-12-13-14-16(17)15-18/h16H,2-14H2,1H3. The van der Waals surface area contributed by atoms with E-state index in [4.69, 9.17) is 0 Å². The number of halogens is 1. The van der Waals surface area contributed by atoms with Crippen LogP contribution in [0.2, 0.25) is 0 Å². The smallest absolute Gasteiger partial charge is 0.213 e. The van der Waals surface area contributed by atoms with Crippen molar-refractivity contribution in [1.82, 2.24) is 0 Å². The van der Waals surface area contributed by atoms with Gasteiger partial charge < -0.3 is 0 Å². The van der Waals surface area contributed by atoms with Crippen molar-refractivity contribution in [3.8, 4) is 0 Å². The summed E-state index contributed by atoms with van der Waals surface area (Å²) in [5.74, 6) is 0. The highest BCUT2D eigenvalue weighted by Gasteiger charge is 2.01. The minimum atomic E-state index is -0.0411. The number of unbranched alkanes of at least 4 members (excludes halogenated alkanes) is 11. The zero-order valence-corrected chi connectivity index (χ0v) is 13.6. The SMILES string of the molecule is CCCCCCCCCCCCCCC(Br)[C]=O. The summed E-state index contributed by atoms with van der Waals surface area (Å²) in [4.78, 5) is 10.2. The lowest BCUT2D eigenvalue weighted by atomic mass is 10.0. The molecule has 1 radical (unpaired) electrons. The van der Waals surface area contributed by atoms with E-state index in [0.717, 1.165) is 12.8 Å². The topological polar surface area (TPSA) is 17.1 Å². The largest absolute Gasteiger partial charge is 0.290 e. The van der Waals surface area contributed by atoms with Gasteiger partial charge in [0.25, 0.3) is 0 Å². The minimum absolute atomic E-state index is 0.0411. The predicted octanol–water partition coefficient (Wildman–Crippen LogP) is 5.95. The van der Waals surface area contributed by atoms with E-state index in [-0.39, 0.29) is 4.83 Å². The van der Waals surface area contributed by atoms with Crippen molar-refractivity contribution < 1.29 is 4.79 Å². The van der Waals surface area contributed by atoms with Crippen LogP contribution in [0.15, 0.2) is 0 Å². The summed E-state index contributed by atoms with van der Waals surface area (Å²) in [6, 6.07) is 0. The molecule has 0 saturated carbocycles. The highest BCUT2D eigenvalue weighted by molar-refractivity contribution is 9.09.